The fraction of sp³-hybridized carbons (Fsp3) is 0.105. The molecule has 0 saturated carbocycles. The Morgan fingerprint density at radius 1 is 1.20 bits per heavy atom. The van der Waals surface area contributed by atoms with Gasteiger partial charge in [0.25, 0.3) is 0 Å². The molecule has 5 nitrogen and oxygen atoms in total. The monoisotopic (exact) mass is 349 g/mol. The lowest BCUT2D eigenvalue weighted by atomic mass is 10.2. The molecule has 25 heavy (non-hydrogen) atoms. The summed E-state index contributed by atoms with van der Waals surface area (Å²) in [5.41, 5.74) is 10.3. The average Bonchev–Trinajstić information content (AvgIpc) is 2.91. The van der Waals surface area contributed by atoms with Gasteiger partial charge in [-0.2, -0.15) is 0 Å². The highest BCUT2D eigenvalue weighted by atomic mass is 35.5. The van der Waals surface area contributed by atoms with E-state index < -0.39 is 0 Å². The summed E-state index contributed by atoms with van der Waals surface area (Å²) in [6.07, 6.45) is 4.99. The van der Waals surface area contributed by atoms with Crippen LogP contribution in [0.4, 0.5) is 0 Å². The zero-order valence-corrected chi connectivity index (χ0v) is 14.7. The first-order chi connectivity index (χ1) is 12.0. The molecule has 0 amide bonds. The van der Waals surface area contributed by atoms with Crippen molar-refractivity contribution in [1.29, 1.82) is 0 Å². The molecule has 0 atom stereocenters. The van der Waals surface area contributed by atoms with Crippen LogP contribution in [0.15, 0.2) is 43.4 Å². The third-order valence-electron chi connectivity index (χ3n) is 3.58. The van der Waals surface area contributed by atoms with Crippen molar-refractivity contribution < 1.29 is 0 Å². The molecule has 3 aromatic heterocycles. The van der Waals surface area contributed by atoms with Crippen LogP contribution in [0.3, 0.4) is 0 Å². The summed E-state index contributed by atoms with van der Waals surface area (Å²) in [5.74, 6) is 6.63. The summed E-state index contributed by atoms with van der Waals surface area (Å²) in [6.45, 7) is 7.68. The smallest absolute Gasteiger partial charge is 0.161 e. The number of pyridine rings is 2. The van der Waals surface area contributed by atoms with Gasteiger partial charge < -0.3 is 5.73 Å². The van der Waals surface area contributed by atoms with Crippen molar-refractivity contribution >= 4 is 17.3 Å². The van der Waals surface area contributed by atoms with Gasteiger partial charge in [-0.1, -0.05) is 24.1 Å². The van der Waals surface area contributed by atoms with Gasteiger partial charge in [0.2, 0.25) is 0 Å². The molecule has 2 N–H and O–H groups in total. The van der Waals surface area contributed by atoms with Crippen molar-refractivity contribution in [2.75, 3.05) is 0 Å². The highest BCUT2D eigenvalue weighted by Crippen LogP contribution is 2.20. The van der Waals surface area contributed by atoms with E-state index in [1.54, 1.807) is 24.7 Å². The van der Waals surface area contributed by atoms with E-state index in [4.69, 9.17) is 17.3 Å². The molecule has 0 aliphatic carbocycles. The fourth-order valence-corrected chi connectivity index (χ4v) is 2.53. The second-order valence-corrected chi connectivity index (χ2v) is 5.97. The highest BCUT2D eigenvalue weighted by molar-refractivity contribution is 6.30. The minimum Gasteiger partial charge on any atom is -0.396 e. The van der Waals surface area contributed by atoms with E-state index in [9.17, 15) is 0 Å². The first-order valence-corrected chi connectivity index (χ1v) is 7.93. The van der Waals surface area contributed by atoms with Crippen molar-refractivity contribution in [3.05, 3.63) is 76.9 Å². The quantitative estimate of drug-likeness (QED) is 0.721. The molecule has 0 aliphatic heterocycles. The Kier molecular flexibility index (Phi) is 4.55. The SMILES string of the molecule is C=C(N)c1nc(C#Cc2cncc(Cl)c2)c(C)n1-c1ccc(C)nc1. The number of aromatic nitrogens is 4. The summed E-state index contributed by atoms with van der Waals surface area (Å²) in [6, 6.07) is 5.64. The van der Waals surface area contributed by atoms with Crippen molar-refractivity contribution in [3.8, 4) is 17.5 Å². The maximum Gasteiger partial charge on any atom is 0.161 e. The minimum absolute atomic E-state index is 0.362. The van der Waals surface area contributed by atoms with Gasteiger partial charge in [0, 0.05) is 23.7 Å². The van der Waals surface area contributed by atoms with Crippen molar-refractivity contribution in [2.24, 2.45) is 5.73 Å². The summed E-state index contributed by atoms with van der Waals surface area (Å²) in [5, 5.41) is 0.538. The molecule has 0 fully saturated rings. The predicted octanol–water partition coefficient (Wildman–Crippen LogP) is 3.26. The average molecular weight is 350 g/mol. The number of hydrogen-bond donors (Lipinski definition) is 1. The minimum atomic E-state index is 0.362. The van der Waals surface area contributed by atoms with Gasteiger partial charge in [-0.15, -0.1) is 0 Å². The van der Waals surface area contributed by atoms with Gasteiger partial charge >= 0.3 is 0 Å². The van der Waals surface area contributed by atoms with E-state index in [1.807, 2.05) is 30.5 Å². The van der Waals surface area contributed by atoms with Crippen LogP contribution in [-0.4, -0.2) is 19.5 Å². The molecular weight excluding hydrogens is 334 g/mol. The van der Waals surface area contributed by atoms with Gasteiger partial charge in [-0.05, 0) is 38.0 Å². The number of hydrogen-bond acceptors (Lipinski definition) is 4. The standard InChI is InChI=1S/C19H16ClN5/c1-12-4-6-17(11-23-12)25-14(3)18(24-19(25)13(2)21)7-5-15-8-16(20)10-22-9-15/h4,6,8-11H,2,21H2,1,3H3. The lowest BCUT2D eigenvalue weighted by Crippen LogP contribution is -2.06. The Hall–Kier alpha value is -3.10. The van der Waals surface area contributed by atoms with E-state index in [-0.39, 0.29) is 0 Å². The van der Waals surface area contributed by atoms with Gasteiger partial charge in [0.1, 0.15) is 5.69 Å². The van der Waals surface area contributed by atoms with Crippen molar-refractivity contribution in [1.82, 2.24) is 19.5 Å². The summed E-state index contributed by atoms with van der Waals surface area (Å²) >= 11 is 5.94. The van der Waals surface area contributed by atoms with Crippen LogP contribution in [0.2, 0.25) is 5.02 Å². The molecule has 0 aliphatic rings. The molecule has 3 heterocycles. The Morgan fingerprint density at radius 3 is 2.64 bits per heavy atom. The highest BCUT2D eigenvalue weighted by Gasteiger charge is 2.15. The van der Waals surface area contributed by atoms with Crippen molar-refractivity contribution in [2.45, 2.75) is 13.8 Å². The molecule has 0 saturated heterocycles. The second-order valence-electron chi connectivity index (χ2n) is 5.53. The maximum atomic E-state index is 5.94. The molecule has 3 aromatic rings. The summed E-state index contributed by atoms with van der Waals surface area (Å²) in [4.78, 5) is 12.9. The number of nitrogens with two attached hydrogens (primary N) is 1. The molecular formula is C19H16ClN5. The van der Waals surface area contributed by atoms with E-state index >= 15 is 0 Å². The van der Waals surface area contributed by atoms with E-state index in [0.29, 0.717) is 27.8 Å². The van der Waals surface area contributed by atoms with Crippen LogP contribution >= 0.6 is 11.6 Å². The molecule has 3 rings (SSSR count). The third-order valence-corrected chi connectivity index (χ3v) is 3.79. The van der Waals surface area contributed by atoms with Crippen LogP contribution < -0.4 is 5.73 Å². The number of nitrogens with zero attached hydrogens (tertiary/aromatic N) is 4. The molecule has 0 aromatic carbocycles. The first kappa shape index (κ1) is 16.7. The predicted molar refractivity (Wildman–Crippen MR) is 99.3 cm³/mol. The maximum absolute atomic E-state index is 5.94. The van der Waals surface area contributed by atoms with E-state index in [1.165, 1.54) is 0 Å². The Balaban J connectivity index is 2.10. The lowest BCUT2D eigenvalue weighted by Gasteiger charge is -2.09. The number of aryl methyl sites for hydroxylation is 1. The van der Waals surface area contributed by atoms with Crippen LogP contribution in [0.25, 0.3) is 11.4 Å². The first-order valence-electron chi connectivity index (χ1n) is 7.55. The second kappa shape index (κ2) is 6.80. The molecule has 0 spiro atoms. The van der Waals surface area contributed by atoms with Gasteiger partial charge in [0.05, 0.1) is 28.3 Å². The number of halogens is 1. The fourth-order valence-electron chi connectivity index (χ4n) is 2.36. The lowest BCUT2D eigenvalue weighted by molar-refractivity contribution is 0.959. The Labute approximate surface area is 151 Å². The van der Waals surface area contributed by atoms with E-state index in [0.717, 1.165) is 17.1 Å². The zero-order chi connectivity index (χ0) is 18.0. The zero-order valence-electron chi connectivity index (χ0n) is 13.9. The summed E-state index contributed by atoms with van der Waals surface area (Å²) < 4.78 is 1.90. The van der Waals surface area contributed by atoms with Gasteiger partial charge in [-0.3, -0.25) is 14.5 Å². The van der Waals surface area contributed by atoms with Gasteiger partial charge in [-0.25, -0.2) is 4.98 Å². The summed E-state index contributed by atoms with van der Waals surface area (Å²) in [7, 11) is 0. The molecule has 6 heteroatoms. The molecule has 0 radical (unpaired) electrons. The number of rotatable bonds is 2. The Bertz CT molecular complexity index is 1010. The topological polar surface area (TPSA) is 69.6 Å². The normalized spacial score (nSPS) is 10.2. The van der Waals surface area contributed by atoms with E-state index in [2.05, 4.69) is 33.4 Å². The Morgan fingerprint density at radius 2 is 2.00 bits per heavy atom. The van der Waals surface area contributed by atoms with Crippen LogP contribution in [0.1, 0.15) is 28.5 Å². The third kappa shape index (κ3) is 3.54. The van der Waals surface area contributed by atoms with Crippen LogP contribution in [0, 0.1) is 25.7 Å². The van der Waals surface area contributed by atoms with Crippen LogP contribution in [0.5, 0.6) is 0 Å². The molecule has 124 valence electrons. The largest absolute Gasteiger partial charge is 0.396 e. The molecule has 0 bridgehead atoms. The number of imidazole rings is 1. The molecule has 0 unspecified atom stereocenters. The van der Waals surface area contributed by atoms with Crippen molar-refractivity contribution in [3.63, 3.8) is 0 Å². The van der Waals surface area contributed by atoms with Gasteiger partial charge in [0.15, 0.2) is 5.82 Å². The van der Waals surface area contributed by atoms with Crippen LogP contribution in [-0.2, 0) is 0 Å².